The Morgan fingerprint density at radius 3 is 2.42 bits per heavy atom. The molecule has 158 valence electrons. The van der Waals surface area contributed by atoms with Crippen LogP contribution in [0.1, 0.15) is 22.0 Å². The van der Waals surface area contributed by atoms with E-state index in [0.29, 0.717) is 0 Å². The second-order valence-electron chi connectivity index (χ2n) is 6.32. The zero-order valence-electron chi connectivity index (χ0n) is 15.6. The molecule has 0 fully saturated rings. The lowest BCUT2D eigenvalue weighted by atomic mass is 10.1. The summed E-state index contributed by atoms with van der Waals surface area (Å²) < 4.78 is 41.5. The van der Waals surface area contributed by atoms with Crippen molar-refractivity contribution in [2.24, 2.45) is 0 Å². The van der Waals surface area contributed by atoms with Crippen LogP contribution in [-0.2, 0) is 10.0 Å². The average molecular weight is 478 g/mol. The van der Waals surface area contributed by atoms with Gasteiger partial charge in [-0.1, -0.05) is 47.5 Å². The number of nitriles is 1. The third-order valence-corrected chi connectivity index (χ3v) is 6.32. The third-order valence-electron chi connectivity index (χ3n) is 4.20. The first kappa shape index (κ1) is 22.6. The van der Waals surface area contributed by atoms with Gasteiger partial charge in [0.25, 0.3) is 15.9 Å². The minimum atomic E-state index is -4.00. The van der Waals surface area contributed by atoms with E-state index in [9.17, 15) is 22.9 Å². The van der Waals surface area contributed by atoms with E-state index < -0.39 is 27.8 Å². The number of halogens is 3. The van der Waals surface area contributed by atoms with Crippen molar-refractivity contribution < 1.29 is 17.6 Å². The first-order valence-corrected chi connectivity index (χ1v) is 11.0. The van der Waals surface area contributed by atoms with Gasteiger partial charge in [-0.3, -0.25) is 9.52 Å². The number of hydrogen-bond acceptors (Lipinski definition) is 4. The molecule has 6 nitrogen and oxygen atoms in total. The molecule has 0 spiro atoms. The van der Waals surface area contributed by atoms with Crippen LogP contribution in [0.15, 0.2) is 71.6 Å². The molecule has 0 aromatic heterocycles. The van der Waals surface area contributed by atoms with Gasteiger partial charge in [-0.25, -0.2) is 12.8 Å². The Morgan fingerprint density at radius 1 is 1.00 bits per heavy atom. The molecule has 2 N–H and O–H groups in total. The zero-order chi connectivity index (χ0) is 22.6. The maximum atomic E-state index is 13.9. The number of carbonyl (C=O) groups excluding carboxylic acids is 1. The first-order chi connectivity index (χ1) is 14.7. The van der Waals surface area contributed by atoms with Crippen LogP contribution < -0.4 is 10.0 Å². The molecule has 0 bridgehead atoms. The highest BCUT2D eigenvalue weighted by molar-refractivity contribution is 7.92. The van der Waals surface area contributed by atoms with E-state index in [0.717, 1.165) is 0 Å². The van der Waals surface area contributed by atoms with Crippen LogP contribution in [-0.4, -0.2) is 14.3 Å². The highest BCUT2D eigenvalue weighted by Gasteiger charge is 2.20. The van der Waals surface area contributed by atoms with Crippen molar-refractivity contribution in [2.45, 2.75) is 10.9 Å². The number of carbonyl (C=O) groups is 1. The minimum Gasteiger partial charge on any atom is -0.332 e. The molecule has 1 atom stereocenters. The van der Waals surface area contributed by atoms with Crippen molar-refractivity contribution in [3.05, 3.63) is 93.7 Å². The fourth-order valence-electron chi connectivity index (χ4n) is 2.69. The zero-order valence-corrected chi connectivity index (χ0v) is 18.0. The Morgan fingerprint density at radius 2 is 1.74 bits per heavy atom. The van der Waals surface area contributed by atoms with E-state index in [4.69, 9.17) is 23.2 Å². The van der Waals surface area contributed by atoms with Gasteiger partial charge >= 0.3 is 0 Å². The van der Waals surface area contributed by atoms with Crippen LogP contribution in [0.5, 0.6) is 0 Å². The van der Waals surface area contributed by atoms with E-state index in [1.54, 1.807) is 6.07 Å². The summed E-state index contributed by atoms with van der Waals surface area (Å²) >= 11 is 11.7. The molecular formula is C21H14Cl2FN3O3S. The number of nitrogens with zero attached hydrogens (tertiary/aromatic N) is 1. The first-order valence-electron chi connectivity index (χ1n) is 8.74. The topological polar surface area (TPSA) is 99.1 Å². The molecule has 0 aliphatic rings. The summed E-state index contributed by atoms with van der Waals surface area (Å²) in [6.45, 7) is 0. The number of sulfonamides is 1. The Labute approximate surface area is 188 Å². The van der Waals surface area contributed by atoms with Gasteiger partial charge in [-0.2, -0.15) is 5.26 Å². The molecule has 1 amide bonds. The highest BCUT2D eigenvalue weighted by atomic mass is 35.5. The molecule has 0 heterocycles. The molecular weight excluding hydrogens is 464 g/mol. The minimum absolute atomic E-state index is 0.0230. The van der Waals surface area contributed by atoms with Crippen molar-refractivity contribution in [1.82, 2.24) is 5.32 Å². The van der Waals surface area contributed by atoms with Crippen LogP contribution in [0, 0.1) is 17.1 Å². The molecule has 0 radical (unpaired) electrons. The van der Waals surface area contributed by atoms with Gasteiger partial charge in [0, 0.05) is 16.8 Å². The normalized spacial score (nSPS) is 11.9. The molecule has 0 saturated heterocycles. The lowest BCUT2D eigenvalue weighted by molar-refractivity contribution is 0.0944. The van der Waals surface area contributed by atoms with Gasteiger partial charge in [0.15, 0.2) is 0 Å². The average Bonchev–Trinajstić information content (AvgIpc) is 2.74. The Balaban J connectivity index is 1.81. The van der Waals surface area contributed by atoms with Gasteiger partial charge in [0.1, 0.15) is 11.9 Å². The van der Waals surface area contributed by atoms with Gasteiger partial charge in [-0.15, -0.1) is 0 Å². The van der Waals surface area contributed by atoms with Crippen LogP contribution in [0.2, 0.25) is 10.0 Å². The summed E-state index contributed by atoms with van der Waals surface area (Å²) in [6.07, 6.45) is 0. The van der Waals surface area contributed by atoms with Crippen molar-refractivity contribution in [3.8, 4) is 6.07 Å². The second kappa shape index (κ2) is 9.35. The monoisotopic (exact) mass is 477 g/mol. The van der Waals surface area contributed by atoms with Crippen molar-refractivity contribution >= 4 is 44.8 Å². The number of hydrogen-bond donors (Lipinski definition) is 2. The SMILES string of the molecule is N#CC(NC(=O)c1cccc(NS(=O)(=O)c2ccc(Cl)c(Cl)c2)c1)c1ccccc1F. The summed E-state index contributed by atoms with van der Waals surface area (Å²) in [7, 11) is -4.00. The van der Waals surface area contributed by atoms with Gasteiger partial charge < -0.3 is 5.32 Å². The van der Waals surface area contributed by atoms with E-state index in [1.165, 1.54) is 60.7 Å². The Hall–Kier alpha value is -3.12. The lowest BCUT2D eigenvalue weighted by Gasteiger charge is -2.14. The van der Waals surface area contributed by atoms with Gasteiger partial charge in [0.05, 0.1) is 21.0 Å². The van der Waals surface area contributed by atoms with Gasteiger partial charge in [-0.05, 0) is 42.5 Å². The fourth-order valence-corrected chi connectivity index (χ4v) is 4.12. The highest BCUT2D eigenvalue weighted by Crippen LogP contribution is 2.26. The van der Waals surface area contributed by atoms with Gasteiger partial charge in [0.2, 0.25) is 0 Å². The van der Waals surface area contributed by atoms with Crippen molar-refractivity contribution in [3.63, 3.8) is 0 Å². The van der Waals surface area contributed by atoms with E-state index in [1.807, 2.05) is 6.07 Å². The number of anilines is 1. The smallest absolute Gasteiger partial charge is 0.261 e. The van der Waals surface area contributed by atoms with E-state index in [-0.39, 0.29) is 31.8 Å². The maximum absolute atomic E-state index is 13.9. The molecule has 31 heavy (non-hydrogen) atoms. The standard InChI is InChI=1S/C21H14Cl2FN3O3S/c22-17-9-8-15(11-18(17)23)31(29,30)27-14-5-3-4-13(10-14)21(28)26-20(12-25)16-6-1-2-7-19(16)24/h1-11,20,27H,(H,26,28). The van der Waals surface area contributed by atoms with Crippen LogP contribution >= 0.6 is 23.2 Å². The van der Waals surface area contributed by atoms with Crippen molar-refractivity contribution in [2.75, 3.05) is 4.72 Å². The number of amides is 1. The summed E-state index contributed by atoms with van der Waals surface area (Å²) in [4.78, 5) is 12.5. The van der Waals surface area contributed by atoms with E-state index in [2.05, 4.69) is 10.0 Å². The fraction of sp³-hybridized carbons (Fsp3) is 0.0476. The van der Waals surface area contributed by atoms with Crippen LogP contribution in [0.3, 0.4) is 0 Å². The Kier molecular flexibility index (Phi) is 6.81. The summed E-state index contributed by atoms with van der Waals surface area (Å²) in [5.74, 6) is -1.30. The largest absolute Gasteiger partial charge is 0.332 e. The molecule has 0 saturated carbocycles. The molecule has 0 aliphatic heterocycles. The van der Waals surface area contributed by atoms with Crippen LogP contribution in [0.25, 0.3) is 0 Å². The summed E-state index contributed by atoms with van der Waals surface area (Å²) in [6, 6.07) is 15.7. The molecule has 10 heteroatoms. The molecule has 3 aromatic rings. The molecule has 0 aliphatic carbocycles. The second-order valence-corrected chi connectivity index (χ2v) is 8.82. The molecule has 3 aromatic carbocycles. The van der Waals surface area contributed by atoms with Crippen molar-refractivity contribution in [1.29, 1.82) is 5.26 Å². The molecule has 1 unspecified atom stereocenters. The number of nitrogens with one attached hydrogen (secondary N) is 2. The Bertz CT molecular complexity index is 1290. The number of rotatable bonds is 6. The molecule has 3 rings (SSSR count). The summed E-state index contributed by atoms with van der Waals surface area (Å²) in [5.41, 5.74) is 0.207. The van der Waals surface area contributed by atoms with E-state index >= 15 is 0 Å². The van der Waals surface area contributed by atoms with Crippen LogP contribution in [0.4, 0.5) is 10.1 Å². The predicted octanol–water partition coefficient (Wildman–Crippen LogP) is 4.93. The predicted molar refractivity (Wildman–Crippen MR) is 116 cm³/mol. The summed E-state index contributed by atoms with van der Waals surface area (Å²) in [5, 5.41) is 12.0. The number of benzene rings is 3. The maximum Gasteiger partial charge on any atom is 0.261 e. The quantitative estimate of drug-likeness (QED) is 0.525. The third kappa shape index (κ3) is 5.33. The lowest BCUT2D eigenvalue weighted by Crippen LogP contribution is -2.28.